The first kappa shape index (κ1) is 24.1. The second kappa shape index (κ2) is 11.9. The maximum atomic E-state index is 11.7. The van der Waals surface area contributed by atoms with Gasteiger partial charge in [-0.1, -0.05) is 12.1 Å². The number of piperazine rings is 1. The van der Waals surface area contributed by atoms with Gasteiger partial charge < -0.3 is 9.64 Å². The zero-order valence-corrected chi connectivity index (χ0v) is 20.1. The normalized spacial score (nSPS) is 15.9. The fourth-order valence-electron chi connectivity index (χ4n) is 4.77. The number of nitrogens with zero attached hydrogens (tertiary/aromatic N) is 2. The fraction of sp³-hybridized carbons (Fsp3) is 0.407. The number of rotatable bonds is 7. The van der Waals surface area contributed by atoms with Crippen molar-refractivity contribution in [3.63, 3.8) is 0 Å². The molecule has 2 heterocycles. The van der Waals surface area contributed by atoms with Gasteiger partial charge >= 0.3 is 6.15 Å². The summed E-state index contributed by atoms with van der Waals surface area (Å²) < 4.78 is 7.35. The van der Waals surface area contributed by atoms with Crippen LogP contribution in [0.2, 0.25) is 0 Å². The second-order valence-corrected chi connectivity index (χ2v) is 9.67. The van der Waals surface area contributed by atoms with E-state index < -0.39 is 0 Å². The first-order valence-electron chi connectivity index (χ1n) is 11.9. The minimum absolute atomic E-state index is 0.250. The highest BCUT2D eigenvalue weighted by Crippen LogP contribution is 2.31. The van der Waals surface area contributed by atoms with Crippen LogP contribution in [-0.2, 0) is 27.2 Å². The Morgan fingerprint density at radius 3 is 2.59 bits per heavy atom. The topological polar surface area (TPSA) is 66.9 Å². The van der Waals surface area contributed by atoms with Gasteiger partial charge in [0.15, 0.2) is 0 Å². The third-order valence-corrected chi connectivity index (χ3v) is 7.44. The summed E-state index contributed by atoms with van der Waals surface area (Å²) in [5.41, 5.74) is 3.85. The van der Waals surface area contributed by atoms with Crippen LogP contribution in [0, 0.1) is 0 Å². The number of aryl methyl sites for hydroxylation is 1. The first-order chi connectivity index (χ1) is 16.7. The average Bonchev–Trinajstić information content (AvgIpc) is 3.34. The van der Waals surface area contributed by atoms with Gasteiger partial charge in [-0.2, -0.15) is 9.59 Å². The Morgan fingerprint density at radius 2 is 1.76 bits per heavy atom. The Kier molecular flexibility index (Phi) is 8.47. The molecule has 1 aliphatic carbocycles. The van der Waals surface area contributed by atoms with E-state index in [1.165, 1.54) is 21.3 Å². The number of anilines is 1. The quantitative estimate of drug-likeness (QED) is 0.470. The molecule has 1 fully saturated rings. The predicted octanol–water partition coefficient (Wildman–Crippen LogP) is 4.36. The Bertz CT molecular complexity index is 1140. The van der Waals surface area contributed by atoms with Crippen molar-refractivity contribution in [2.45, 2.75) is 32.1 Å². The van der Waals surface area contributed by atoms with Crippen LogP contribution in [0.1, 0.15) is 30.4 Å². The van der Waals surface area contributed by atoms with E-state index in [-0.39, 0.29) is 6.15 Å². The lowest BCUT2D eigenvalue weighted by atomic mass is 9.91. The Labute approximate surface area is 204 Å². The van der Waals surface area contributed by atoms with Gasteiger partial charge in [-0.05, 0) is 72.6 Å². The van der Waals surface area contributed by atoms with Crippen LogP contribution in [0.4, 0.5) is 5.69 Å². The first-order valence-corrected chi connectivity index (χ1v) is 12.7. The number of benzene rings is 2. The molecule has 2 aromatic carbocycles. The number of hydrogen-bond acceptors (Lipinski definition) is 7. The molecular formula is C27H30N2O4S. The van der Waals surface area contributed by atoms with Gasteiger partial charge in [0, 0.05) is 54.8 Å². The maximum absolute atomic E-state index is 11.7. The van der Waals surface area contributed by atoms with Crippen molar-refractivity contribution < 1.29 is 19.1 Å². The third kappa shape index (κ3) is 6.11. The van der Waals surface area contributed by atoms with Crippen molar-refractivity contribution in [1.29, 1.82) is 0 Å². The highest BCUT2D eigenvalue weighted by molar-refractivity contribution is 7.17. The smallest absolute Gasteiger partial charge is 0.373 e. The molecule has 1 aromatic heterocycles. The summed E-state index contributed by atoms with van der Waals surface area (Å²) in [5.74, 6) is 1.25. The average molecular weight is 479 g/mol. The van der Waals surface area contributed by atoms with Crippen molar-refractivity contribution in [2.24, 2.45) is 0 Å². The summed E-state index contributed by atoms with van der Waals surface area (Å²) in [5, 5.41) is 3.58. The molecule has 2 aliphatic rings. The molecule has 0 N–H and O–H groups in total. The van der Waals surface area contributed by atoms with Gasteiger partial charge in [0.25, 0.3) is 0 Å². The van der Waals surface area contributed by atoms with E-state index in [9.17, 15) is 4.79 Å². The molecule has 178 valence electrons. The summed E-state index contributed by atoms with van der Waals surface area (Å²) in [6.45, 7) is 6.32. The number of unbranched alkanes of at least 4 members (excludes halogenated alkanes) is 1. The largest absolute Gasteiger partial charge is 0.494 e. The maximum Gasteiger partial charge on any atom is 0.373 e. The summed E-state index contributed by atoms with van der Waals surface area (Å²) in [6, 6.07) is 15.2. The number of ketones is 1. The van der Waals surface area contributed by atoms with Crippen molar-refractivity contribution in [3.8, 4) is 5.75 Å². The summed E-state index contributed by atoms with van der Waals surface area (Å²) in [4.78, 5) is 33.1. The van der Waals surface area contributed by atoms with Gasteiger partial charge in [-0.3, -0.25) is 9.69 Å². The van der Waals surface area contributed by atoms with E-state index in [1.54, 1.807) is 0 Å². The molecule has 0 bridgehead atoms. The number of hydrogen-bond donors (Lipinski definition) is 0. The molecule has 0 radical (unpaired) electrons. The lowest BCUT2D eigenvalue weighted by molar-refractivity contribution is -0.191. The molecule has 1 saturated heterocycles. The predicted molar refractivity (Wildman–Crippen MR) is 134 cm³/mol. The van der Waals surface area contributed by atoms with E-state index in [2.05, 4.69) is 57.6 Å². The SMILES string of the molecule is O=C1CCc2ccc(OCCCCN3CCN(c4cccc5sccc45)CC3)cc2C1.O=C=O. The molecular weight excluding hydrogens is 448 g/mol. The number of Topliss-reactive ketones (excluding diaryl/α,β-unsaturated/α-hetero) is 1. The minimum atomic E-state index is 0.250. The van der Waals surface area contributed by atoms with E-state index >= 15 is 0 Å². The van der Waals surface area contributed by atoms with E-state index in [0.717, 1.165) is 69.9 Å². The standard InChI is InChI=1S/C26H30N2O2S.CO2/c29-22-8-6-20-7-9-23(19-21(20)18-22)30-16-2-1-11-27-12-14-28(15-13-27)25-4-3-5-26-24(25)10-17-31-26;2-1-3/h3-5,7,9-10,17,19H,1-2,6,8,11-16,18H2;. The van der Waals surface area contributed by atoms with Crippen LogP contribution in [0.15, 0.2) is 47.8 Å². The molecule has 0 saturated carbocycles. The van der Waals surface area contributed by atoms with Crippen molar-refractivity contribution in [2.75, 3.05) is 44.2 Å². The van der Waals surface area contributed by atoms with E-state index in [1.807, 2.05) is 11.3 Å². The van der Waals surface area contributed by atoms with E-state index in [0.29, 0.717) is 18.6 Å². The molecule has 1 aliphatic heterocycles. The van der Waals surface area contributed by atoms with Crippen molar-refractivity contribution in [3.05, 3.63) is 59.0 Å². The molecule has 34 heavy (non-hydrogen) atoms. The van der Waals surface area contributed by atoms with Crippen LogP contribution >= 0.6 is 11.3 Å². The fourth-order valence-corrected chi connectivity index (χ4v) is 5.58. The van der Waals surface area contributed by atoms with Crippen LogP contribution in [0.5, 0.6) is 5.75 Å². The zero-order valence-electron chi connectivity index (χ0n) is 19.3. The number of carbonyl (C=O) groups is 1. The van der Waals surface area contributed by atoms with Crippen molar-refractivity contribution >= 4 is 39.0 Å². The van der Waals surface area contributed by atoms with Crippen molar-refractivity contribution in [1.82, 2.24) is 4.90 Å². The van der Waals surface area contributed by atoms with E-state index in [4.69, 9.17) is 14.3 Å². The highest BCUT2D eigenvalue weighted by atomic mass is 32.1. The molecule has 7 heteroatoms. The van der Waals surface area contributed by atoms with Gasteiger partial charge in [-0.25, -0.2) is 0 Å². The molecule has 3 aromatic rings. The molecule has 5 rings (SSSR count). The van der Waals surface area contributed by atoms with Gasteiger partial charge in [-0.15, -0.1) is 11.3 Å². The Morgan fingerprint density at radius 1 is 0.941 bits per heavy atom. The molecule has 0 unspecified atom stereocenters. The highest BCUT2D eigenvalue weighted by Gasteiger charge is 2.19. The Hall–Kier alpha value is -2.99. The van der Waals surface area contributed by atoms with Crippen LogP contribution in [0.25, 0.3) is 10.1 Å². The Balaban J connectivity index is 0.000000868. The monoisotopic (exact) mass is 478 g/mol. The summed E-state index contributed by atoms with van der Waals surface area (Å²) in [7, 11) is 0. The number of thiophene rings is 1. The molecule has 6 nitrogen and oxygen atoms in total. The van der Waals surface area contributed by atoms with Crippen LogP contribution in [-0.4, -0.2) is 56.2 Å². The second-order valence-electron chi connectivity index (χ2n) is 8.72. The summed E-state index contributed by atoms with van der Waals surface area (Å²) in [6.07, 6.45) is 4.60. The zero-order chi connectivity index (χ0) is 23.8. The van der Waals surface area contributed by atoms with Gasteiger partial charge in [0.05, 0.1) is 6.61 Å². The number of fused-ring (bicyclic) bond motifs is 2. The lowest BCUT2D eigenvalue weighted by Crippen LogP contribution is -2.46. The molecule has 0 atom stereocenters. The minimum Gasteiger partial charge on any atom is -0.494 e. The van der Waals surface area contributed by atoms with Crippen LogP contribution in [0.3, 0.4) is 0 Å². The van der Waals surface area contributed by atoms with Gasteiger partial charge in [0.2, 0.25) is 0 Å². The molecule has 0 spiro atoms. The summed E-state index contributed by atoms with van der Waals surface area (Å²) >= 11 is 1.82. The third-order valence-electron chi connectivity index (χ3n) is 6.56. The van der Waals surface area contributed by atoms with Gasteiger partial charge in [0.1, 0.15) is 11.5 Å². The number of carbonyl (C=O) groups excluding carboxylic acids is 3. The molecule has 0 amide bonds. The van der Waals surface area contributed by atoms with Crippen LogP contribution < -0.4 is 9.64 Å². The number of ether oxygens (including phenoxy) is 1. The lowest BCUT2D eigenvalue weighted by Gasteiger charge is -2.36.